The van der Waals surface area contributed by atoms with Gasteiger partial charge in [-0.25, -0.2) is 0 Å². The topological polar surface area (TPSA) is 0 Å². The standard InChI is InChI=1S/C15H24/c1-6-14-12(4)8-9-13(5)15(14)10-7-11(2)3/h8-9,11H,6-7,10H2,1-5H3. The molecule has 0 saturated heterocycles. The molecule has 0 aliphatic carbocycles. The molecule has 0 aromatic heterocycles. The Morgan fingerprint density at radius 2 is 1.53 bits per heavy atom. The summed E-state index contributed by atoms with van der Waals surface area (Å²) in [5.74, 6) is 0.801. The maximum Gasteiger partial charge on any atom is -0.0271 e. The summed E-state index contributed by atoms with van der Waals surface area (Å²) in [6.07, 6.45) is 3.71. The molecule has 0 radical (unpaired) electrons. The molecule has 0 bridgehead atoms. The van der Waals surface area contributed by atoms with Crippen molar-refractivity contribution in [3.8, 4) is 0 Å². The maximum atomic E-state index is 2.30. The van der Waals surface area contributed by atoms with Crippen LogP contribution < -0.4 is 0 Å². The molecule has 1 aromatic rings. The summed E-state index contributed by atoms with van der Waals surface area (Å²) in [6.45, 7) is 11.3. The zero-order valence-electron chi connectivity index (χ0n) is 10.9. The summed E-state index contributed by atoms with van der Waals surface area (Å²) in [4.78, 5) is 0. The first kappa shape index (κ1) is 12.3. The first-order chi connectivity index (χ1) is 7.06. The van der Waals surface area contributed by atoms with Crippen molar-refractivity contribution in [3.05, 3.63) is 34.4 Å². The highest BCUT2D eigenvalue weighted by Gasteiger charge is 2.07. The molecule has 0 heteroatoms. The summed E-state index contributed by atoms with van der Waals surface area (Å²) in [7, 11) is 0. The molecule has 0 amide bonds. The molecule has 0 spiro atoms. The van der Waals surface area contributed by atoms with Crippen LogP contribution in [0, 0.1) is 19.8 Å². The molecule has 1 aromatic carbocycles. The lowest BCUT2D eigenvalue weighted by molar-refractivity contribution is 0.584. The van der Waals surface area contributed by atoms with Crippen molar-refractivity contribution < 1.29 is 0 Å². The van der Waals surface area contributed by atoms with Gasteiger partial charge < -0.3 is 0 Å². The molecule has 15 heavy (non-hydrogen) atoms. The lowest BCUT2D eigenvalue weighted by atomic mass is 9.91. The summed E-state index contributed by atoms with van der Waals surface area (Å²) < 4.78 is 0. The van der Waals surface area contributed by atoms with E-state index in [2.05, 4.69) is 46.8 Å². The SMILES string of the molecule is CCc1c(C)ccc(C)c1CCC(C)C. The van der Waals surface area contributed by atoms with Crippen molar-refractivity contribution in [2.45, 2.75) is 53.9 Å². The highest BCUT2D eigenvalue weighted by Crippen LogP contribution is 2.22. The molecule has 84 valence electrons. The summed E-state index contributed by atoms with van der Waals surface area (Å²) in [5.41, 5.74) is 6.11. The fourth-order valence-electron chi connectivity index (χ4n) is 2.20. The van der Waals surface area contributed by atoms with Crippen LogP contribution in [0.3, 0.4) is 0 Å². The van der Waals surface area contributed by atoms with Gasteiger partial charge in [-0.1, -0.05) is 32.9 Å². The van der Waals surface area contributed by atoms with Crippen LogP contribution >= 0.6 is 0 Å². The number of rotatable bonds is 4. The van der Waals surface area contributed by atoms with Crippen molar-refractivity contribution in [3.63, 3.8) is 0 Å². The van der Waals surface area contributed by atoms with Crippen LogP contribution in [-0.4, -0.2) is 0 Å². The third-order valence-electron chi connectivity index (χ3n) is 3.22. The first-order valence-electron chi connectivity index (χ1n) is 6.14. The van der Waals surface area contributed by atoms with Gasteiger partial charge in [0.05, 0.1) is 0 Å². The van der Waals surface area contributed by atoms with Gasteiger partial charge in [0.15, 0.2) is 0 Å². The molecule has 0 atom stereocenters. The Kier molecular flexibility index (Phi) is 4.38. The zero-order chi connectivity index (χ0) is 11.4. The van der Waals surface area contributed by atoms with Crippen LogP contribution in [0.4, 0.5) is 0 Å². The quantitative estimate of drug-likeness (QED) is 0.679. The smallest absolute Gasteiger partial charge is 0.0271 e. The molecule has 1 rings (SSSR count). The highest BCUT2D eigenvalue weighted by molar-refractivity contribution is 5.40. The second-order valence-electron chi connectivity index (χ2n) is 4.94. The summed E-state index contributed by atoms with van der Waals surface area (Å²) >= 11 is 0. The molecule has 0 saturated carbocycles. The molecule has 0 heterocycles. The summed E-state index contributed by atoms with van der Waals surface area (Å²) in [5, 5.41) is 0. The van der Waals surface area contributed by atoms with Crippen LogP contribution in [0.1, 0.15) is 49.4 Å². The average molecular weight is 204 g/mol. The molecular weight excluding hydrogens is 180 g/mol. The fourth-order valence-corrected chi connectivity index (χ4v) is 2.20. The van der Waals surface area contributed by atoms with E-state index in [-0.39, 0.29) is 0 Å². The van der Waals surface area contributed by atoms with E-state index in [0.717, 1.165) is 5.92 Å². The predicted molar refractivity (Wildman–Crippen MR) is 68.5 cm³/mol. The molecule has 0 N–H and O–H groups in total. The Labute approximate surface area is 94.7 Å². The minimum absolute atomic E-state index is 0.801. The van der Waals surface area contributed by atoms with E-state index >= 15 is 0 Å². The molecule has 0 nitrogen and oxygen atoms in total. The molecule has 0 aliphatic heterocycles. The molecule has 0 fully saturated rings. The van der Waals surface area contributed by atoms with Gasteiger partial charge in [0.1, 0.15) is 0 Å². The van der Waals surface area contributed by atoms with Gasteiger partial charge in [-0.3, -0.25) is 0 Å². The predicted octanol–water partition coefficient (Wildman–Crippen LogP) is 4.45. The van der Waals surface area contributed by atoms with Gasteiger partial charge in [0.2, 0.25) is 0 Å². The zero-order valence-corrected chi connectivity index (χ0v) is 10.9. The maximum absolute atomic E-state index is 2.30. The van der Waals surface area contributed by atoms with Crippen LogP contribution in [-0.2, 0) is 12.8 Å². The summed E-state index contributed by atoms with van der Waals surface area (Å²) in [6, 6.07) is 4.52. The Balaban J connectivity index is 2.97. The lowest BCUT2D eigenvalue weighted by Gasteiger charge is -2.15. The van der Waals surface area contributed by atoms with Crippen molar-refractivity contribution in [2.75, 3.05) is 0 Å². The highest BCUT2D eigenvalue weighted by atomic mass is 14.1. The van der Waals surface area contributed by atoms with Crippen LogP contribution in [0.15, 0.2) is 12.1 Å². The first-order valence-corrected chi connectivity index (χ1v) is 6.14. The van der Waals surface area contributed by atoms with Gasteiger partial charge in [0.25, 0.3) is 0 Å². The minimum Gasteiger partial charge on any atom is -0.0628 e. The molecule has 0 unspecified atom stereocenters. The number of hydrogen-bond donors (Lipinski definition) is 0. The van der Waals surface area contributed by atoms with E-state index in [1.54, 1.807) is 11.1 Å². The minimum atomic E-state index is 0.801. The van der Waals surface area contributed by atoms with Crippen molar-refractivity contribution in [1.82, 2.24) is 0 Å². The monoisotopic (exact) mass is 204 g/mol. The lowest BCUT2D eigenvalue weighted by Crippen LogP contribution is -2.01. The van der Waals surface area contributed by atoms with E-state index in [0.29, 0.717) is 0 Å². The fraction of sp³-hybridized carbons (Fsp3) is 0.600. The van der Waals surface area contributed by atoms with Gasteiger partial charge >= 0.3 is 0 Å². The van der Waals surface area contributed by atoms with Gasteiger partial charge in [-0.05, 0) is 61.3 Å². The number of benzene rings is 1. The molecule has 0 aliphatic rings. The normalized spacial score (nSPS) is 11.1. The van der Waals surface area contributed by atoms with Gasteiger partial charge in [0, 0.05) is 0 Å². The number of aryl methyl sites for hydroxylation is 2. The number of hydrogen-bond acceptors (Lipinski definition) is 0. The molecular formula is C15H24. The van der Waals surface area contributed by atoms with Crippen molar-refractivity contribution in [2.24, 2.45) is 5.92 Å². The third-order valence-corrected chi connectivity index (χ3v) is 3.22. The van der Waals surface area contributed by atoms with E-state index in [9.17, 15) is 0 Å². The second-order valence-corrected chi connectivity index (χ2v) is 4.94. The Hall–Kier alpha value is -0.780. The average Bonchev–Trinajstić information content (AvgIpc) is 2.19. The Morgan fingerprint density at radius 3 is 2.00 bits per heavy atom. The van der Waals surface area contributed by atoms with E-state index in [1.807, 2.05) is 0 Å². The Bertz CT molecular complexity index is 321. The van der Waals surface area contributed by atoms with Crippen LogP contribution in [0.25, 0.3) is 0 Å². The third kappa shape index (κ3) is 3.09. The van der Waals surface area contributed by atoms with Gasteiger partial charge in [-0.2, -0.15) is 0 Å². The Morgan fingerprint density at radius 1 is 1.00 bits per heavy atom. The van der Waals surface area contributed by atoms with E-state index < -0.39 is 0 Å². The van der Waals surface area contributed by atoms with E-state index in [4.69, 9.17) is 0 Å². The van der Waals surface area contributed by atoms with Gasteiger partial charge in [-0.15, -0.1) is 0 Å². The van der Waals surface area contributed by atoms with E-state index in [1.165, 1.54) is 30.4 Å². The van der Waals surface area contributed by atoms with Crippen LogP contribution in [0.5, 0.6) is 0 Å². The van der Waals surface area contributed by atoms with Crippen molar-refractivity contribution in [1.29, 1.82) is 0 Å². The largest absolute Gasteiger partial charge is 0.0628 e. The van der Waals surface area contributed by atoms with Crippen molar-refractivity contribution >= 4 is 0 Å². The second kappa shape index (κ2) is 5.34. The van der Waals surface area contributed by atoms with Crippen LogP contribution in [0.2, 0.25) is 0 Å².